The Morgan fingerprint density at radius 1 is 1.71 bits per heavy atom. The van der Waals surface area contributed by atoms with Crippen LogP contribution in [0.15, 0.2) is 6.33 Å². The lowest BCUT2D eigenvalue weighted by molar-refractivity contribution is 0.281. The molecule has 1 unspecified atom stereocenters. The highest BCUT2D eigenvalue weighted by molar-refractivity contribution is 4.91. The summed E-state index contributed by atoms with van der Waals surface area (Å²) in [5.41, 5.74) is 0. The van der Waals surface area contributed by atoms with Gasteiger partial charge in [-0.25, -0.2) is 9.67 Å². The monoisotopic (exact) mass is 193 g/mol. The average molecular weight is 193 g/mol. The molecule has 0 aliphatic carbocycles. The summed E-state index contributed by atoms with van der Waals surface area (Å²) in [6.45, 7) is 5.35. The smallest absolute Gasteiger partial charge is 0.141 e. The zero-order valence-corrected chi connectivity index (χ0v) is 8.80. The van der Waals surface area contributed by atoms with Crippen LogP contribution in [0.25, 0.3) is 0 Å². The van der Waals surface area contributed by atoms with Crippen LogP contribution in [0.5, 0.6) is 0 Å². The molecular weight excluding hydrogens is 178 g/mol. The van der Waals surface area contributed by atoms with Gasteiger partial charge >= 0.3 is 0 Å². The number of aromatic nitrogens is 3. The largest absolute Gasteiger partial charge is 0.284 e. The Labute approximate surface area is 84.0 Å². The first-order valence-electron chi connectivity index (χ1n) is 4.65. The molecule has 1 aromatic heterocycles. The Balaban J connectivity index is 2.65. The number of hydrogen-bond donors (Lipinski definition) is 0. The summed E-state index contributed by atoms with van der Waals surface area (Å²) < 4.78 is 1.83. The molecule has 0 saturated heterocycles. The Hall–Kier alpha value is -1.41. The fourth-order valence-corrected chi connectivity index (χ4v) is 1.13. The van der Waals surface area contributed by atoms with Crippen molar-refractivity contribution in [2.75, 3.05) is 7.05 Å². The fourth-order valence-electron chi connectivity index (χ4n) is 1.13. The molecule has 5 heteroatoms. The first kappa shape index (κ1) is 10.7. The van der Waals surface area contributed by atoms with Crippen molar-refractivity contribution in [3.63, 3.8) is 0 Å². The van der Waals surface area contributed by atoms with Gasteiger partial charge in [-0.3, -0.25) is 4.90 Å². The van der Waals surface area contributed by atoms with Crippen LogP contribution in [-0.2, 0) is 13.1 Å². The predicted molar refractivity (Wildman–Crippen MR) is 52.2 cm³/mol. The van der Waals surface area contributed by atoms with Crippen molar-refractivity contribution in [1.29, 1.82) is 5.26 Å². The van der Waals surface area contributed by atoms with Crippen LogP contribution in [0.1, 0.15) is 19.7 Å². The van der Waals surface area contributed by atoms with E-state index in [0.717, 1.165) is 12.4 Å². The van der Waals surface area contributed by atoms with Crippen molar-refractivity contribution in [3.8, 4) is 6.07 Å². The number of rotatable bonds is 4. The Kier molecular flexibility index (Phi) is 3.60. The number of nitriles is 1. The summed E-state index contributed by atoms with van der Waals surface area (Å²) in [6, 6.07) is 2.08. The van der Waals surface area contributed by atoms with Crippen LogP contribution in [-0.4, -0.2) is 32.8 Å². The zero-order valence-electron chi connectivity index (χ0n) is 8.80. The van der Waals surface area contributed by atoms with Gasteiger partial charge in [0.2, 0.25) is 0 Å². The maximum Gasteiger partial charge on any atom is 0.141 e. The van der Waals surface area contributed by atoms with E-state index in [0.29, 0.717) is 6.54 Å². The molecule has 1 atom stereocenters. The van der Waals surface area contributed by atoms with E-state index in [1.54, 1.807) is 6.33 Å². The molecule has 1 aromatic rings. The molecule has 0 aromatic carbocycles. The lowest BCUT2D eigenvalue weighted by Crippen LogP contribution is -2.28. The van der Waals surface area contributed by atoms with Gasteiger partial charge in [0.05, 0.1) is 18.7 Å². The Bertz CT molecular complexity index is 324. The molecule has 76 valence electrons. The summed E-state index contributed by atoms with van der Waals surface area (Å²) in [6.07, 6.45) is 1.55. The highest BCUT2D eigenvalue weighted by atomic mass is 15.3. The minimum atomic E-state index is -0.1000. The summed E-state index contributed by atoms with van der Waals surface area (Å²) in [4.78, 5) is 6.09. The lowest BCUT2D eigenvalue weighted by atomic mass is 10.3. The van der Waals surface area contributed by atoms with Gasteiger partial charge in [-0.2, -0.15) is 10.4 Å². The van der Waals surface area contributed by atoms with Crippen LogP contribution < -0.4 is 0 Å². The van der Waals surface area contributed by atoms with Crippen LogP contribution in [0.3, 0.4) is 0 Å². The summed E-state index contributed by atoms with van der Waals surface area (Å²) >= 11 is 0. The van der Waals surface area contributed by atoms with E-state index in [-0.39, 0.29) is 6.04 Å². The minimum Gasteiger partial charge on any atom is -0.284 e. The van der Waals surface area contributed by atoms with Gasteiger partial charge in [-0.05, 0) is 20.9 Å². The molecule has 0 radical (unpaired) electrons. The standard InChI is InChI=1S/C9H15N5/c1-4-14-9(11-7-12-14)6-13(3)8(2)5-10/h7-8H,4,6H2,1-3H3. The molecule has 1 heterocycles. The van der Waals surface area contributed by atoms with E-state index in [1.165, 1.54) is 0 Å². The third kappa shape index (κ3) is 2.30. The van der Waals surface area contributed by atoms with Gasteiger partial charge in [-0.1, -0.05) is 0 Å². The molecule has 5 nitrogen and oxygen atoms in total. The zero-order chi connectivity index (χ0) is 10.6. The molecule has 0 N–H and O–H groups in total. The van der Waals surface area contributed by atoms with Crippen LogP contribution >= 0.6 is 0 Å². The fraction of sp³-hybridized carbons (Fsp3) is 0.667. The SMILES string of the molecule is CCn1ncnc1CN(C)C(C)C#N. The van der Waals surface area contributed by atoms with Gasteiger partial charge in [0, 0.05) is 6.54 Å². The molecule has 0 spiro atoms. The third-order valence-corrected chi connectivity index (χ3v) is 2.23. The number of aryl methyl sites for hydroxylation is 1. The second-order valence-electron chi connectivity index (χ2n) is 3.21. The molecule has 0 aliphatic heterocycles. The van der Waals surface area contributed by atoms with Crippen LogP contribution in [0, 0.1) is 11.3 Å². The highest BCUT2D eigenvalue weighted by Gasteiger charge is 2.11. The summed E-state index contributed by atoms with van der Waals surface area (Å²) in [7, 11) is 1.91. The first-order valence-corrected chi connectivity index (χ1v) is 4.65. The maximum atomic E-state index is 8.73. The molecule has 0 bridgehead atoms. The van der Waals surface area contributed by atoms with Crippen molar-refractivity contribution in [1.82, 2.24) is 19.7 Å². The summed E-state index contributed by atoms with van der Waals surface area (Å²) in [5.74, 6) is 0.900. The topological polar surface area (TPSA) is 57.7 Å². The van der Waals surface area contributed by atoms with Gasteiger partial charge in [-0.15, -0.1) is 0 Å². The molecule has 0 aliphatic rings. The first-order chi connectivity index (χ1) is 6.69. The van der Waals surface area contributed by atoms with Gasteiger partial charge in [0.1, 0.15) is 12.2 Å². The quantitative estimate of drug-likeness (QED) is 0.704. The van der Waals surface area contributed by atoms with Crippen molar-refractivity contribution in [3.05, 3.63) is 12.2 Å². The molecule has 1 rings (SSSR count). The normalized spacial score (nSPS) is 12.8. The average Bonchev–Trinajstić information content (AvgIpc) is 2.63. The Morgan fingerprint density at radius 2 is 2.43 bits per heavy atom. The van der Waals surface area contributed by atoms with E-state index >= 15 is 0 Å². The second kappa shape index (κ2) is 4.72. The van der Waals surface area contributed by atoms with E-state index in [1.807, 2.05) is 30.5 Å². The minimum absolute atomic E-state index is 0.1000. The van der Waals surface area contributed by atoms with E-state index < -0.39 is 0 Å². The van der Waals surface area contributed by atoms with Crippen molar-refractivity contribution < 1.29 is 0 Å². The molecule has 0 fully saturated rings. The number of hydrogen-bond acceptors (Lipinski definition) is 4. The second-order valence-corrected chi connectivity index (χ2v) is 3.21. The Morgan fingerprint density at radius 3 is 3.00 bits per heavy atom. The lowest BCUT2D eigenvalue weighted by Gasteiger charge is -2.18. The van der Waals surface area contributed by atoms with Crippen LogP contribution in [0.2, 0.25) is 0 Å². The van der Waals surface area contributed by atoms with E-state index in [4.69, 9.17) is 5.26 Å². The van der Waals surface area contributed by atoms with Gasteiger partial charge in [0.15, 0.2) is 0 Å². The number of nitrogens with zero attached hydrogens (tertiary/aromatic N) is 5. The van der Waals surface area contributed by atoms with Gasteiger partial charge < -0.3 is 0 Å². The van der Waals surface area contributed by atoms with E-state index in [2.05, 4.69) is 16.2 Å². The highest BCUT2D eigenvalue weighted by Crippen LogP contribution is 2.02. The molecular formula is C9H15N5. The van der Waals surface area contributed by atoms with E-state index in [9.17, 15) is 0 Å². The van der Waals surface area contributed by atoms with Crippen molar-refractivity contribution in [2.24, 2.45) is 0 Å². The maximum absolute atomic E-state index is 8.73. The third-order valence-electron chi connectivity index (χ3n) is 2.23. The van der Waals surface area contributed by atoms with Crippen molar-refractivity contribution >= 4 is 0 Å². The molecule has 14 heavy (non-hydrogen) atoms. The predicted octanol–water partition coefficient (Wildman–Crippen LogP) is 0.642. The van der Waals surface area contributed by atoms with Gasteiger partial charge in [0.25, 0.3) is 0 Å². The molecule has 0 amide bonds. The van der Waals surface area contributed by atoms with Crippen molar-refractivity contribution in [2.45, 2.75) is 33.0 Å². The molecule has 0 saturated carbocycles. The van der Waals surface area contributed by atoms with Crippen LogP contribution in [0.4, 0.5) is 0 Å². The summed E-state index contributed by atoms with van der Waals surface area (Å²) in [5, 5.41) is 12.8.